The van der Waals surface area contributed by atoms with Crippen molar-refractivity contribution >= 4 is 5.95 Å². The Kier molecular flexibility index (Phi) is 6.25. The van der Waals surface area contributed by atoms with Crippen molar-refractivity contribution in [3.63, 3.8) is 0 Å². The molecule has 1 N–H and O–H groups in total. The molecule has 2 rings (SSSR count). The molecule has 0 spiro atoms. The van der Waals surface area contributed by atoms with Crippen molar-refractivity contribution in [1.29, 1.82) is 0 Å². The number of unbranched alkanes of at least 4 members (excludes halogenated alkanes) is 5. The normalized spacial score (nSPS) is 16.1. The van der Waals surface area contributed by atoms with Crippen LogP contribution in [0.2, 0.25) is 0 Å². The third kappa shape index (κ3) is 4.88. The molecule has 0 amide bonds. The van der Waals surface area contributed by atoms with Crippen molar-refractivity contribution < 1.29 is 0 Å². The number of rotatable bonds is 9. The van der Waals surface area contributed by atoms with E-state index in [9.17, 15) is 0 Å². The maximum Gasteiger partial charge on any atom is 0.202 e. The molecular weight excluding hydrogens is 234 g/mol. The molecule has 108 valence electrons. The fraction of sp³-hybridized carbons (Fsp3) is 0.812. The Morgan fingerprint density at radius 1 is 1.16 bits per heavy atom. The minimum atomic E-state index is 0.658. The minimum absolute atomic E-state index is 0.658. The van der Waals surface area contributed by atoms with Gasteiger partial charge in [-0.15, -0.1) is 0 Å². The van der Waals surface area contributed by atoms with Gasteiger partial charge in [0.2, 0.25) is 5.95 Å². The summed E-state index contributed by atoms with van der Waals surface area (Å²) in [6, 6.07) is 0.658. The first-order valence-corrected chi connectivity index (χ1v) is 8.18. The standard InChI is InChI=1S/C16H29N3/c1-2-3-4-5-6-9-13-19-14-12-17-16(19)18-15-10-7-8-11-15/h12,14-15H,2-11,13H2,1H3,(H,17,18). The lowest BCUT2D eigenvalue weighted by Gasteiger charge is -2.14. The molecule has 1 heterocycles. The minimum Gasteiger partial charge on any atom is -0.353 e. The molecule has 1 aromatic rings. The monoisotopic (exact) mass is 263 g/mol. The van der Waals surface area contributed by atoms with E-state index in [1.54, 1.807) is 0 Å². The second-order valence-electron chi connectivity index (χ2n) is 5.84. The highest BCUT2D eigenvalue weighted by atomic mass is 15.2. The smallest absolute Gasteiger partial charge is 0.202 e. The number of nitrogens with zero attached hydrogens (tertiary/aromatic N) is 2. The Balaban J connectivity index is 1.67. The molecule has 1 aliphatic carbocycles. The van der Waals surface area contributed by atoms with Crippen LogP contribution >= 0.6 is 0 Å². The van der Waals surface area contributed by atoms with Crippen molar-refractivity contribution in [2.75, 3.05) is 5.32 Å². The van der Waals surface area contributed by atoms with Gasteiger partial charge in [0.05, 0.1) is 0 Å². The Bertz CT molecular complexity index is 340. The van der Waals surface area contributed by atoms with Crippen LogP contribution in [0.25, 0.3) is 0 Å². The lowest BCUT2D eigenvalue weighted by Crippen LogP contribution is -2.18. The third-order valence-electron chi connectivity index (χ3n) is 4.16. The summed E-state index contributed by atoms with van der Waals surface area (Å²) in [4.78, 5) is 4.46. The lowest BCUT2D eigenvalue weighted by atomic mass is 10.1. The quantitative estimate of drug-likeness (QED) is 0.660. The zero-order valence-corrected chi connectivity index (χ0v) is 12.4. The molecule has 1 fully saturated rings. The van der Waals surface area contributed by atoms with Crippen molar-refractivity contribution in [1.82, 2.24) is 9.55 Å². The van der Waals surface area contributed by atoms with E-state index in [0.717, 1.165) is 12.5 Å². The highest BCUT2D eigenvalue weighted by molar-refractivity contribution is 5.27. The molecule has 1 saturated carbocycles. The Morgan fingerprint density at radius 2 is 1.89 bits per heavy atom. The second kappa shape index (κ2) is 8.23. The van der Waals surface area contributed by atoms with Crippen molar-refractivity contribution in [2.24, 2.45) is 0 Å². The molecule has 0 bridgehead atoms. The average molecular weight is 263 g/mol. The summed E-state index contributed by atoms with van der Waals surface area (Å²) in [7, 11) is 0. The molecule has 0 saturated heterocycles. The van der Waals surface area contributed by atoms with E-state index in [-0.39, 0.29) is 0 Å². The SMILES string of the molecule is CCCCCCCCn1ccnc1NC1CCCC1. The number of hydrogen-bond donors (Lipinski definition) is 1. The van der Waals surface area contributed by atoms with Gasteiger partial charge < -0.3 is 9.88 Å². The fourth-order valence-electron chi connectivity index (χ4n) is 2.94. The number of anilines is 1. The van der Waals surface area contributed by atoms with Crippen LogP contribution in [0, 0.1) is 0 Å². The van der Waals surface area contributed by atoms with E-state index in [1.807, 2.05) is 6.20 Å². The number of aromatic nitrogens is 2. The van der Waals surface area contributed by atoms with Crippen LogP contribution in [-0.2, 0) is 6.54 Å². The first kappa shape index (κ1) is 14.4. The zero-order chi connectivity index (χ0) is 13.3. The summed E-state index contributed by atoms with van der Waals surface area (Å²) in [5.74, 6) is 1.08. The summed E-state index contributed by atoms with van der Waals surface area (Å²) >= 11 is 0. The molecule has 0 radical (unpaired) electrons. The van der Waals surface area contributed by atoms with Crippen molar-refractivity contribution in [3.8, 4) is 0 Å². The summed E-state index contributed by atoms with van der Waals surface area (Å²) in [5.41, 5.74) is 0. The van der Waals surface area contributed by atoms with Crippen molar-refractivity contribution in [3.05, 3.63) is 12.4 Å². The fourth-order valence-corrected chi connectivity index (χ4v) is 2.94. The van der Waals surface area contributed by atoms with Crippen LogP contribution in [0.3, 0.4) is 0 Å². The zero-order valence-electron chi connectivity index (χ0n) is 12.4. The van der Waals surface area contributed by atoms with Gasteiger partial charge in [0.1, 0.15) is 0 Å². The number of aryl methyl sites for hydroxylation is 1. The molecule has 1 aromatic heterocycles. The van der Waals surface area contributed by atoms with Gasteiger partial charge >= 0.3 is 0 Å². The van der Waals surface area contributed by atoms with Crippen molar-refractivity contribution in [2.45, 2.75) is 83.7 Å². The van der Waals surface area contributed by atoms with Crippen LogP contribution in [0.15, 0.2) is 12.4 Å². The summed E-state index contributed by atoms with van der Waals surface area (Å²) < 4.78 is 2.29. The van der Waals surface area contributed by atoms with E-state index in [4.69, 9.17) is 0 Å². The van der Waals surface area contributed by atoms with Gasteiger partial charge in [-0.3, -0.25) is 0 Å². The molecular formula is C16H29N3. The second-order valence-corrected chi connectivity index (χ2v) is 5.84. The van der Waals surface area contributed by atoms with Gasteiger partial charge in [0, 0.05) is 25.0 Å². The van der Waals surface area contributed by atoms with E-state index in [0.29, 0.717) is 6.04 Å². The van der Waals surface area contributed by atoms with Crippen LogP contribution in [0.4, 0.5) is 5.95 Å². The van der Waals surface area contributed by atoms with E-state index >= 15 is 0 Å². The predicted molar refractivity (Wildman–Crippen MR) is 81.5 cm³/mol. The molecule has 0 aliphatic heterocycles. The maximum atomic E-state index is 4.46. The van der Waals surface area contributed by atoms with Gasteiger partial charge in [0.25, 0.3) is 0 Å². The third-order valence-corrected chi connectivity index (χ3v) is 4.16. The first-order chi connectivity index (χ1) is 9.40. The molecule has 19 heavy (non-hydrogen) atoms. The summed E-state index contributed by atoms with van der Waals surface area (Å²) in [6.07, 6.45) is 17.5. The lowest BCUT2D eigenvalue weighted by molar-refractivity contribution is 0.557. The van der Waals surface area contributed by atoms with Crippen LogP contribution in [0.1, 0.15) is 71.1 Å². The Morgan fingerprint density at radius 3 is 2.68 bits per heavy atom. The highest BCUT2D eigenvalue weighted by Crippen LogP contribution is 2.21. The number of hydrogen-bond acceptors (Lipinski definition) is 2. The van der Waals surface area contributed by atoms with Crippen LogP contribution < -0.4 is 5.32 Å². The molecule has 3 nitrogen and oxygen atoms in total. The van der Waals surface area contributed by atoms with Gasteiger partial charge in [0.15, 0.2) is 0 Å². The van der Waals surface area contributed by atoms with Gasteiger partial charge in [-0.2, -0.15) is 0 Å². The van der Waals surface area contributed by atoms with Gasteiger partial charge in [-0.05, 0) is 19.3 Å². The molecule has 0 aromatic carbocycles. The van der Waals surface area contributed by atoms with Gasteiger partial charge in [-0.25, -0.2) is 4.98 Å². The van der Waals surface area contributed by atoms with Crippen LogP contribution in [-0.4, -0.2) is 15.6 Å². The first-order valence-electron chi connectivity index (χ1n) is 8.18. The molecule has 3 heteroatoms. The van der Waals surface area contributed by atoms with E-state index < -0.39 is 0 Å². The summed E-state index contributed by atoms with van der Waals surface area (Å²) in [5, 5.41) is 3.60. The largest absolute Gasteiger partial charge is 0.353 e. The average Bonchev–Trinajstić information content (AvgIpc) is 3.06. The Labute approximate surface area is 117 Å². The number of nitrogens with one attached hydrogen (secondary N) is 1. The predicted octanol–water partition coefficient (Wildman–Crippen LogP) is 4.60. The molecule has 0 atom stereocenters. The van der Waals surface area contributed by atoms with Crippen LogP contribution in [0.5, 0.6) is 0 Å². The number of imidazole rings is 1. The van der Waals surface area contributed by atoms with E-state index in [1.165, 1.54) is 64.2 Å². The van der Waals surface area contributed by atoms with E-state index in [2.05, 4.69) is 28.0 Å². The highest BCUT2D eigenvalue weighted by Gasteiger charge is 2.16. The molecule has 0 unspecified atom stereocenters. The molecule has 1 aliphatic rings. The van der Waals surface area contributed by atoms with Gasteiger partial charge in [-0.1, -0.05) is 51.9 Å². The maximum absolute atomic E-state index is 4.46. The topological polar surface area (TPSA) is 29.9 Å². The Hall–Kier alpha value is -0.990. The summed E-state index contributed by atoms with van der Waals surface area (Å²) in [6.45, 7) is 3.38.